The van der Waals surface area contributed by atoms with E-state index in [9.17, 15) is 4.79 Å². The fourth-order valence-corrected chi connectivity index (χ4v) is 1.62. The van der Waals surface area contributed by atoms with Crippen LogP contribution in [0, 0.1) is 11.3 Å². The summed E-state index contributed by atoms with van der Waals surface area (Å²) < 4.78 is 0. The van der Waals surface area contributed by atoms with E-state index in [0.29, 0.717) is 11.3 Å². The first kappa shape index (κ1) is 8.64. The summed E-state index contributed by atoms with van der Waals surface area (Å²) in [5.74, 6) is -0.617. The largest absolute Gasteiger partial charge is 0.277 e. The van der Waals surface area contributed by atoms with Gasteiger partial charge in [0.25, 0.3) is 5.91 Å². The van der Waals surface area contributed by atoms with Crippen molar-refractivity contribution < 1.29 is 4.79 Å². The lowest BCUT2D eigenvalue weighted by Crippen LogP contribution is -2.18. The highest BCUT2D eigenvalue weighted by Crippen LogP contribution is 2.26. The second-order valence-corrected chi connectivity index (χ2v) is 3.21. The Balaban J connectivity index is 2.65. The zero-order chi connectivity index (χ0) is 10.1. The normalized spacial score (nSPS) is 19.6. The van der Waals surface area contributed by atoms with Crippen molar-refractivity contribution in [2.75, 3.05) is 0 Å². The Bertz CT molecular complexity index is 468. The van der Waals surface area contributed by atoms with Gasteiger partial charge in [-0.1, -0.05) is 18.2 Å². The summed E-state index contributed by atoms with van der Waals surface area (Å²) >= 11 is 0. The topological polar surface area (TPSA) is 53.2 Å². The van der Waals surface area contributed by atoms with E-state index in [1.54, 1.807) is 25.1 Å². The lowest BCUT2D eigenvalue weighted by atomic mass is 9.89. The van der Waals surface area contributed by atoms with Crippen LogP contribution in [0.2, 0.25) is 0 Å². The number of fused-ring (bicyclic) bond motifs is 1. The number of carbonyl (C=O) groups is 1. The van der Waals surface area contributed by atoms with E-state index >= 15 is 0 Å². The summed E-state index contributed by atoms with van der Waals surface area (Å²) in [6, 6.07) is 9.27. The maximum absolute atomic E-state index is 11.5. The van der Waals surface area contributed by atoms with Crippen molar-refractivity contribution in [2.45, 2.75) is 12.8 Å². The molecule has 0 radical (unpaired) electrons. The lowest BCUT2D eigenvalue weighted by molar-refractivity contribution is 0.0999. The number of rotatable bonds is 0. The minimum atomic E-state index is -0.371. The third-order valence-corrected chi connectivity index (χ3v) is 2.33. The van der Waals surface area contributed by atoms with Crippen LogP contribution in [0.5, 0.6) is 0 Å². The minimum Gasteiger partial charge on any atom is -0.267 e. The molecule has 0 bridgehead atoms. The molecule has 2 rings (SSSR count). The standard InChI is InChI=1S/C11H8N2O/c1-7-10(6-12)8-4-2-3-5-9(8)11(14)13-7/h2-5,10H,1H3. The van der Waals surface area contributed by atoms with Crippen molar-refractivity contribution >= 4 is 11.6 Å². The van der Waals surface area contributed by atoms with Crippen molar-refractivity contribution in [3.05, 3.63) is 35.4 Å². The van der Waals surface area contributed by atoms with Crippen LogP contribution < -0.4 is 0 Å². The van der Waals surface area contributed by atoms with Gasteiger partial charge in [-0.25, -0.2) is 4.99 Å². The number of hydrogen-bond acceptors (Lipinski definition) is 2. The first-order valence-corrected chi connectivity index (χ1v) is 4.32. The molecule has 14 heavy (non-hydrogen) atoms. The molecule has 3 heteroatoms. The highest BCUT2D eigenvalue weighted by molar-refractivity contribution is 6.11. The van der Waals surface area contributed by atoms with E-state index in [1.807, 2.05) is 6.07 Å². The third kappa shape index (κ3) is 1.12. The summed E-state index contributed by atoms with van der Waals surface area (Å²) in [7, 11) is 0. The molecule has 1 aromatic rings. The zero-order valence-electron chi connectivity index (χ0n) is 7.69. The van der Waals surface area contributed by atoms with Crippen LogP contribution >= 0.6 is 0 Å². The Morgan fingerprint density at radius 2 is 2.14 bits per heavy atom. The Hall–Kier alpha value is -1.95. The van der Waals surface area contributed by atoms with Gasteiger partial charge in [-0.05, 0) is 18.6 Å². The molecule has 1 unspecified atom stereocenters. The van der Waals surface area contributed by atoms with E-state index in [4.69, 9.17) is 5.26 Å². The fraction of sp³-hybridized carbons (Fsp3) is 0.182. The Kier molecular flexibility index (Phi) is 1.90. The molecule has 0 spiro atoms. The molecule has 1 atom stereocenters. The monoisotopic (exact) mass is 184 g/mol. The van der Waals surface area contributed by atoms with Gasteiger partial charge >= 0.3 is 0 Å². The van der Waals surface area contributed by atoms with E-state index < -0.39 is 0 Å². The van der Waals surface area contributed by atoms with E-state index in [-0.39, 0.29) is 11.8 Å². The molecular weight excluding hydrogens is 176 g/mol. The number of hydrogen-bond donors (Lipinski definition) is 0. The summed E-state index contributed by atoms with van der Waals surface area (Å²) in [5.41, 5.74) is 1.90. The predicted molar refractivity (Wildman–Crippen MR) is 52.2 cm³/mol. The average Bonchev–Trinajstić information content (AvgIpc) is 2.18. The van der Waals surface area contributed by atoms with Gasteiger partial charge in [-0.2, -0.15) is 5.26 Å². The summed E-state index contributed by atoms with van der Waals surface area (Å²) in [6.45, 7) is 1.71. The Morgan fingerprint density at radius 1 is 1.43 bits per heavy atom. The molecule has 1 amide bonds. The van der Waals surface area contributed by atoms with Gasteiger partial charge in [0.1, 0.15) is 5.92 Å². The number of carbonyl (C=O) groups excluding carboxylic acids is 1. The molecule has 0 aliphatic carbocycles. The van der Waals surface area contributed by atoms with Crippen molar-refractivity contribution in [1.29, 1.82) is 5.26 Å². The van der Waals surface area contributed by atoms with Crippen molar-refractivity contribution in [3.8, 4) is 6.07 Å². The molecule has 0 saturated heterocycles. The second-order valence-electron chi connectivity index (χ2n) is 3.21. The SMILES string of the molecule is CC1=NC(=O)c2ccccc2C1C#N. The molecule has 1 aromatic carbocycles. The van der Waals surface area contributed by atoms with E-state index in [2.05, 4.69) is 11.1 Å². The second kappa shape index (κ2) is 3.08. The van der Waals surface area contributed by atoms with Crippen molar-refractivity contribution in [1.82, 2.24) is 0 Å². The lowest BCUT2D eigenvalue weighted by Gasteiger charge is -2.16. The molecular formula is C11H8N2O. The Labute approximate surface area is 81.7 Å². The Morgan fingerprint density at radius 3 is 2.86 bits per heavy atom. The van der Waals surface area contributed by atoms with Crippen LogP contribution in [-0.4, -0.2) is 11.6 Å². The number of nitriles is 1. The minimum absolute atomic E-state index is 0.246. The molecule has 1 aliphatic heterocycles. The average molecular weight is 184 g/mol. The molecule has 3 nitrogen and oxygen atoms in total. The van der Waals surface area contributed by atoms with Gasteiger partial charge in [-0.3, -0.25) is 4.79 Å². The first-order chi connectivity index (χ1) is 6.74. The maximum Gasteiger partial charge on any atom is 0.277 e. The molecule has 1 aliphatic rings. The van der Waals surface area contributed by atoms with Gasteiger partial charge < -0.3 is 0 Å². The van der Waals surface area contributed by atoms with Crippen LogP contribution in [0.25, 0.3) is 0 Å². The zero-order valence-corrected chi connectivity index (χ0v) is 7.69. The molecule has 68 valence electrons. The molecule has 0 aromatic heterocycles. The number of benzene rings is 1. The summed E-state index contributed by atoms with van der Waals surface area (Å²) in [4.78, 5) is 15.3. The molecule has 1 heterocycles. The highest BCUT2D eigenvalue weighted by Gasteiger charge is 2.25. The third-order valence-electron chi connectivity index (χ3n) is 2.33. The van der Waals surface area contributed by atoms with Crippen LogP contribution in [0.4, 0.5) is 0 Å². The van der Waals surface area contributed by atoms with Gasteiger partial charge in [0.05, 0.1) is 6.07 Å². The predicted octanol–water partition coefficient (Wildman–Crippen LogP) is 1.91. The van der Waals surface area contributed by atoms with Crippen LogP contribution in [0.3, 0.4) is 0 Å². The maximum atomic E-state index is 11.5. The quantitative estimate of drug-likeness (QED) is 0.618. The van der Waals surface area contributed by atoms with Crippen LogP contribution in [0.15, 0.2) is 29.3 Å². The molecule has 0 N–H and O–H groups in total. The van der Waals surface area contributed by atoms with E-state index in [1.165, 1.54) is 0 Å². The van der Waals surface area contributed by atoms with Crippen molar-refractivity contribution in [2.24, 2.45) is 4.99 Å². The summed E-state index contributed by atoms with van der Waals surface area (Å²) in [5, 5.41) is 8.95. The van der Waals surface area contributed by atoms with Crippen LogP contribution in [0.1, 0.15) is 28.8 Å². The van der Waals surface area contributed by atoms with Gasteiger partial charge in [0.15, 0.2) is 0 Å². The number of aliphatic imine (C=N–C) groups is 1. The van der Waals surface area contributed by atoms with Gasteiger partial charge in [-0.15, -0.1) is 0 Å². The summed E-state index contributed by atoms with van der Waals surface area (Å²) in [6.07, 6.45) is 0. The van der Waals surface area contributed by atoms with Gasteiger partial charge in [0, 0.05) is 11.3 Å². The molecule has 0 fully saturated rings. The fourth-order valence-electron chi connectivity index (χ4n) is 1.62. The van der Waals surface area contributed by atoms with E-state index in [0.717, 1.165) is 5.56 Å². The van der Waals surface area contributed by atoms with Crippen molar-refractivity contribution in [3.63, 3.8) is 0 Å². The number of amides is 1. The molecule has 0 saturated carbocycles. The van der Waals surface area contributed by atoms with Crippen LogP contribution in [-0.2, 0) is 0 Å². The van der Waals surface area contributed by atoms with Gasteiger partial charge in [0.2, 0.25) is 0 Å². The highest BCUT2D eigenvalue weighted by atomic mass is 16.1. The number of nitrogens with zero attached hydrogens (tertiary/aromatic N) is 2. The smallest absolute Gasteiger partial charge is 0.267 e. The first-order valence-electron chi connectivity index (χ1n) is 4.32.